The first-order valence-corrected chi connectivity index (χ1v) is 9.25. The van der Waals surface area contributed by atoms with Crippen molar-refractivity contribution in [1.29, 1.82) is 0 Å². The molecule has 1 aliphatic rings. The normalized spacial score (nSPS) is 18.6. The quantitative estimate of drug-likeness (QED) is 0.469. The molecule has 0 saturated heterocycles. The molecule has 0 radical (unpaired) electrons. The minimum Gasteiger partial charge on any atom is -0.465 e. The van der Waals surface area contributed by atoms with Crippen LogP contribution >= 0.6 is 11.8 Å². The highest BCUT2D eigenvalue weighted by molar-refractivity contribution is 7.99. The number of carbonyl (C=O) groups is 2. The van der Waals surface area contributed by atoms with Crippen molar-refractivity contribution in [3.63, 3.8) is 0 Å². The Balaban J connectivity index is 1.52. The molecular formula is C17H20N4O3S. The highest BCUT2D eigenvalue weighted by atomic mass is 32.2. The summed E-state index contributed by atoms with van der Waals surface area (Å²) in [7, 11) is 0. The largest absolute Gasteiger partial charge is 0.465 e. The van der Waals surface area contributed by atoms with Crippen LogP contribution in [0.4, 0.5) is 0 Å². The van der Waals surface area contributed by atoms with Gasteiger partial charge in [-0.25, -0.2) is 10.4 Å². The number of carbonyl (C=O) groups excluding carboxylic acids is 2. The number of esters is 1. The van der Waals surface area contributed by atoms with E-state index in [1.165, 1.54) is 11.8 Å². The van der Waals surface area contributed by atoms with Gasteiger partial charge >= 0.3 is 5.97 Å². The predicted molar refractivity (Wildman–Crippen MR) is 96.4 cm³/mol. The fraction of sp³-hybridized carbons (Fsp3) is 0.412. The van der Waals surface area contributed by atoms with Crippen molar-refractivity contribution < 1.29 is 14.3 Å². The molecule has 25 heavy (non-hydrogen) atoms. The Morgan fingerprint density at radius 3 is 3.08 bits per heavy atom. The van der Waals surface area contributed by atoms with Crippen LogP contribution in [0, 0.1) is 5.92 Å². The summed E-state index contributed by atoms with van der Waals surface area (Å²) in [6.07, 6.45) is 2.31. The summed E-state index contributed by atoms with van der Waals surface area (Å²) in [4.78, 5) is 31.4. The standard InChI is InChI=1S/C17H20N4O3S/c1-2-24-16(23)11-6-5-9-12(11)20-21-15(22)10-25-17-18-13-7-3-4-8-14(13)19-17/h3-4,7-8,11H,2,5-6,9-10H2,1H3,(H,18,19)(H,21,22)/b20-12-. The number of ether oxygens (including phenoxy) is 1. The lowest BCUT2D eigenvalue weighted by Gasteiger charge is -2.09. The van der Waals surface area contributed by atoms with Gasteiger partial charge in [0.05, 0.1) is 35.0 Å². The number of rotatable bonds is 6. The Kier molecular flexibility index (Phi) is 5.70. The highest BCUT2D eigenvalue weighted by Gasteiger charge is 2.30. The van der Waals surface area contributed by atoms with Crippen LogP contribution in [-0.4, -0.2) is 39.9 Å². The van der Waals surface area contributed by atoms with Gasteiger partial charge in [-0.3, -0.25) is 9.59 Å². The fourth-order valence-corrected chi connectivity index (χ4v) is 3.43. The molecule has 8 heteroatoms. The third-order valence-corrected chi connectivity index (χ3v) is 4.80. The summed E-state index contributed by atoms with van der Waals surface area (Å²) in [6.45, 7) is 2.13. The molecule has 1 aromatic carbocycles. The van der Waals surface area contributed by atoms with E-state index in [2.05, 4.69) is 20.5 Å². The van der Waals surface area contributed by atoms with Gasteiger partial charge in [0.25, 0.3) is 5.91 Å². The first kappa shape index (κ1) is 17.5. The summed E-state index contributed by atoms with van der Waals surface area (Å²) in [5.74, 6) is -0.624. The van der Waals surface area contributed by atoms with Gasteiger partial charge in [0.1, 0.15) is 0 Å². The topological polar surface area (TPSA) is 96.4 Å². The molecule has 2 N–H and O–H groups in total. The van der Waals surface area contributed by atoms with Gasteiger partial charge in [-0.05, 0) is 38.3 Å². The van der Waals surface area contributed by atoms with Crippen LogP contribution in [0.2, 0.25) is 0 Å². The lowest BCUT2D eigenvalue weighted by molar-refractivity contribution is -0.145. The Bertz CT molecular complexity index is 769. The van der Waals surface area contributed by atoms with E-state index >= 15 is 0 Å². The number of nitrogens with one attached hydrogen (secondary N) is 2. The number of hydrogen-bond acceptors (Lipinski definition) is 6. The summed E-state index contributed by atoms with van der Waals surface area (Å²) in [5, 5.41) is 4.82. The van der Waals surface area contributed by atoms with Crippen LogP contribution in [-0.2, 0) is 14.3 Å². The molecule has 1 saturated carbocycles. The summed E-state index contributed by atoms with van der Waals surface area (Å²) in [6, 6.07) is 7.70. The summed E-state index contributed by atoms with van der Waals surface area (Å²) < 4.78 is 5.05. The molecular weight excluding hydrogens is 340 g/mol. The van der Waals surface area contributed by atoms with E-state index in [0.29, 0.717) is 23.9 Å². The Morgan fingerprint density at radius 2 is 2.28 bits per heavy atom. The fourth-order valence-electron chi connectivity index (χ4n) is 2.76. The molecule has 7 nitrogen and oxygen atoms in total. The maximum Gasteiger partial charge on any atom is 0.314 e. The van der Waals surface area contributed by atoms with Crippen molar-refractivity contribution in [3.05, 3.63) is 24.3 Å². The van der Waals surface area contributed by atoms with Crippen molar-refractivity contribution >= 4 is 40.4 Å². The number of hydrogen-bond donors (Lipinski definition) is 2. The molecule has 132 valence electrons. The number of aromatic nitrogens is 2. The number of para-hydroxylation sites is 2. The number of amides is 1. The number of H-pyrrole nitrogens is 1. The van der Waals surface area contributed by atoms with Crippen LogP contribution in [0.15, 0.2) is 34.5 Å². The number of benzene rings is 1. The molecule has 1 fully saturated rings. The molecule has 1 aliphatic carbocycles. The number of imidazole rings is 1. The molecule has 1 amide bonds. The summed E-state index contributed by atoms with van der Waals surface area (Å²) >= 11 is 1.31. The van der Waals surface area contributed by atoms with E-state index in [0.717, 1.165) is 23.9 Å². The minimum absolute atomic E-state index is 0.195. The lowest BCUT2D eigenvalue weighted by Crippen LogP contribution is -2.26. The van der Waals surface area contributed by atoms with E-state index in [-0.39, 0.29) is 23.5 Å². The summed E-state index contributed by atoms with van der Waals surface area (Å²) in [5.41, 5.74) is 5.04. The monoisotopic (exact) mass is 360 g/mol. The van der Waals surface area contributed by atoms with E-state index in [4.69, 9.17) is 4.74 Å². The van der Waals surface area contributed by atoms with Crippen molar-refractivity contribution in [1.82, 2.24) is 15.4 Å². The van der Waals surface area contributed by atoms with Crippen molar-refractivity contribution in [2.75, 3.05) is 12.4 Å². The number of aromatic amines is 1. The van der Waals surface area contributed by atoms with Gasteiger partial charge in [0, 0.05) is 0 Å². The Morgan fingerprint density at radius 1 is 1.44 bits per heavy atom. The predicted octanol–water partition coefficient (Wildman–Crippen LogP) is 2.49. The van der Waals surface area contributed by atoms with Crippen LogP contribution in [0.3, 0.4) is 0 Å². The number of fused-ring (bicyclic) bond motifs is 1. The average Bonchev–Trinajstić information content (AvgIpc) is 3.24. The second-order valence-corrected chi connectivity index (χ2v) is 6.65. The van der Waals surface area contributed by atoms with Crippen LogP contribution in [0.25, 0.3) is 11.0 Å². The first-order valence-electron chi connectivity index (χ1n) is 8.27. The molecule has 1 aromatic heterocycles. The van der Waals surface area contributed by atoms with E-state index in [1.807, 2.05) is 24.3 Å². The zero-order valence-electron chi connectivity index (χ0n) is 13.9. The molecule has 0 aliphatic heterocycles. The molecule has 0 spiro atoms. The lowest BCUT2D eigenvalue weighted by atomic mass is 10.1. The van der Waals surface area contributed by atoms with Crippen molar-refractivity contribution in [2.24, 2.45) is 11.0 Å². The Hall–Kier alpha value is -2.35. The number of thioether (sulfide) groups is 1. The second-order valence-electron chi connectivity index (χ2n) is 5.68. The molecule has 1 atom stereocenters. The van der Waals surface area contributed by atoms with Gasteiger partial charge in [-0.1, -0.05) is 23.9 Å². The maximum absolute atomic E-state index is 12.0. The van der Waals surface area contributed by atoms with Crippen molar-refractivity contribution in [2.45, 2.75) is 31.3 Å². The van der Waals surface area contributed by atoms with Gasteiger partial charge in [0.2, 0.25) is 0 Å². The second kappa shape index (κ2) is 8.15. The third kappa shape index (κ3) is 4.39. The smallest absolute Gasteiger partial charge is 0.314 e. The molecule has 0 bridgehead atoms. The van der Waals surface area contributed by atoms with Crippen LogP contribution < -0.4 is 5.43 Å². The van der Waals surface area contributed by atoms with Crippen molar-refractivity contribution in [3.8, 4) is 0 Å². The minimum atomic E-state index is -0.330. The van der Waals surface area contributed by atoms with E-state index in [1.54, 1.807) is 6.92 Å². The average molecular weight is 360 g/mol. The highest BCUT2D eigenvalue weighted by Crippen LogP contribution is 2.24. The zero-order chi connectivity index (χ0) is 17.6. The van der Waals surface area contributed by atoms with Gasteiger partial charge in [-0.2, -0.15) is 5.10 Å². The van der Waals surface area contributed by atoms with E-state index in [9.17, 15) is 9.59 Å². The van der Waals surface area contributed by atoms with Crippen LogP contribution in [0.5, 0.6) is 0 Å². The SMILES string of the molecule is CCOC(=O)C1CCC/C1=N/NC(=O)CSc1nc2ccccc2[nH]1. The molecule has 3 rings (SSSR count). The number of hydrazone groups is 1. The molecule has 1 heterocycles. The van der Waals surface area contributed by atoms with Gasteiger partial charge < -0.3 is 9.72 Å². The van der Waals surface area contributed by atoms with Gasteiger partial charge in [0.15, 0.2) is 5.16 Å². The zero-order valence-corrected chi connectivity index (χ0v) is 14.8. The maximum atomic E-state index is 12.0. The van der Waals surface area contributed by atoms with E-state index < -0.39 is 0 Å². The third-order valence-electron chi connectivity index (χ3n) is 3.93. The van der Waals surface area contributed by atoms with Gasteiger partial charge in [-0.15, -0.1) is 0 Å². The number of nitrogens with zero attached hydrogens (tertiary/aromatic N) is 2. The van der Waals surface area contributed by atoms with Crippen LogP contribution in [0.1, 0.15) is 26.2 Å². The first-order chi connectivity index (χ1) is 12.2. The molecule has 2 aromatic rings. The molecule has 1 unspecified atom stereocenters. The Labute approximate surface area is 149 Å².